The molecular formula is C19H21NO6. The van der Waals surface area contributed by atoms with Gasteiger partial charge < -0.3 is 24.3 Å². The molecule has 0 amide bonds. The average molecular weight is 359 g/mol. The summed E-state index contributed by atoms with van der Waals surface area (Å²) in [6, 6.07) is 10.2. The first kappa shape index (κ1) is 19.1. The maximum absolute atomic E-state index is 12.1. The zero-order valence-electron chi connectivity index (χ0n) is 15.1. The van der Waals surface area contributed by atoms with Gasteiger partial charge in [-0.2, -0.15) is 0 Å². The van der Waals surface area contributed by atoms with Crippen molar-refractivity contribution in [2.75, 3.05) is 33.8 Å². The molecule has 2 aromatic rings. The fourth-order valence-corrected chi connectivity index (χ4v) is 2.43. The van der Waals surface area contributed by atoms with Gasteiger partial charge in [-0.05, 0) is 17.7 Å². The molecule has 0 aliphatic heterocycles. The number of carbonyl (C=O) groups excluding carboxylic acids is 2. The van der Waals surface area contributed by atoms with Crippen LogP contribution in [0.3, 0.4) is 0 Å². The summed E-state index contributed by atoms with van der Waals surface area (Å²) in [7, 11) is 5.64. The minimum absolute atomic E-state index is 0.314. The lowest BCUT2D eigenvalue weighted by atomic mass is 10.1. The second-order valence-corrected chi connectivity index (χ2v) is 5.29. The lowest BCUT2D eigenvalue weighted by Crippen LogP contribution is -2.10. The Hall–Kier alpha value is -3.22. The summed E-state index contributed by atoms with van der Waals surface area (Å²) in [5, 5.41) is 3.17. The molecule has 7 nitrogen and oxygen atoms in total. The van der Waals surface area contributed by atoms with Crippen LogP contribution in [0.15, 0.2) is 36.4 Å². The molecule has 0 atom stereocenters. The van der Waals surface area contributed by atoms with E-state index in [-0.39, 0.29) is 0 Å². The van der Waals surface area contributed by atoms with Gasteiger partial charge in [0.2, 0.25) is 0 Å². The summed E-state index contributed by atoms with van der Waals surface area (Å²) in [4.78, 5) is 23.7. The third kappa shape index (κ3) is 4.24. The summed E-state index contributed by atoms with van der Waals surface area (Å²) >= 11 is 0. The van der Waals surface area contributed by atoms with E-state index in [9.17, 15) is 9.59 Å². The third-order valence-corrected chi connectivity index (χ3v) is 3.76. The van der Waals surface area contributed by atoms with E-state index in [1.54, 1.807) is 30.3 Å². The van der Waals surface area contributed by atoms with Crippen LogP contribution in [0.1, 0.15) is 26.3 Å². The molecule has 0 heterocycles. The number of methoxy groups -OCH3 is 4. The number of rotatable bonds is 7. The molecule has 0 aliphatic carbocycles. The number of carbonyl (C=O) groups is 2. The van der Waals surface area contributed by atoms with Crippen molar-refractivity contribution in [1.29, 1.82) is 0 Å². The molecule has 0 aromatic heterocycles. The Morgan fingerprint density at radius 1 is 0.885 bits per heavy atom. The van der Waals surface area contributed by atoms with E-state index in [0.717, 1.165) is 5.56 Å². The SMILES string of the molecule is COC(=O)c1cccc(CNc2cc(OC)c(OC)cc2C(=O)OC)c1. The van der Waals surface area contributed by atoms with Gasteiger partial charge in [0.15, 0.2) is 11.5 Å². The molecule has 7 heteroatoms. The molecule has 0 fully saturated rings. The molecular weight excluding hydrogens is 338 g/mol. The highest BCUT2D eigenvalue weighted by molar-refractivity contribution is 5.96. The van der Waals surface area contributed by atoms with Crippen molar-refractivity contribution in [2.24, 2.45) is 0 Å². The Labute approximate surface area is 151 Å². The van der Waals surface area contributed by atoms with E-state index in [1.165, 1.54) is 28.4 Å². The summed E-state index contributed by atoms with van der Waals surface area (Å²) in [6.45, 7) is 0.379. The number of nitrogens with one attached hydrogen (secondary N) is 1. The molecule has 138 valence electrons. The van der Waals surface area contributed by atoms with Crippen LogP contribution >= 0.6 is 0 Å². The van der Waals surface area contributed by atoms with Crippen molar-refractivity contribution in [1.82, 2.24) is 0 Å². The van der Waals surface area contributed by atoms with Crippen molar-refractivity contribution < 1.29 is 28.5 Å². The predicted molar refractivity (Wildman–Crippen MR) is 96.0 cm³/mol. The van der Waals surface area contributed by atoms with Crippen molar-refractivity contribution >= 4 is 17.6 Å². The molecule has 0 spiro atoms. The minimum Gasteiger partial charge on any atom is -0.493 e. The van der Waals surface area contributed by atoms with E-state index in [4.69, 9.17) is 18.9 Å². The third-order valence-electron chi connectivity index (χ3n) is 3.76. The number of hydrogen-bond acceptors (Lipinski definition) is 7. The minimum atomic E-state index is -0.503. The summed E-state index contributed by atoms with van der Waals surface area (Å²) in [6.07, 6.45) is 0. The van der Waals surface area contributed by atoms with Gasteiger partial charge in [0.05, 0.1) is 45.3 Å². The molecule has 0 aliphatic rings. The molecule has 0 unspecified atom stereocenters. The van der Waals surface area contributed by atoms with Gasteiger partial charge in [0.25, 0.3) is 0 Å². The van der Waals surface area contributed by atoms with Gasteiger partial charge in [0.1, 0.15) is 0 Å². The van der Waals surface area contributed by atoms with E-state index < -0.39 is 11.9 Å². The van der Waals surface area contributed by atoms with Gasteiger partial charge in [-0.3, -0.25) is 0 Å². The first-order valence-corrected chi connectivity index (χ1v) is 7.79. The average Bonchev–Trinajstić information content (AvgIpc) is 2.70. The molecule has 26 heavy (non-hydrogen) atoms. The zero-order valence-corrected chi connectivity index (χ0v) is 15.1. The van der Waals surface area contributed by atoms with Crippen LogP contribution in [0.25, 0.3) is 0 Å². The fourth-order valence-electron chi connectivity index (χ4n) is 2.43. The summed E-state index contributed by atoms with van der Waals surface area (Å²) < 4.78 is 20.1. The molecule has 0 bridgehead atoms. The Bertz CT molecular complexity index is 803. The number of esters is 2. The van der Waals surface area contributed by atoms with Crippen molar-refractivity contribution in [2.45, 2.75) is 6.54 Å². The van der Waals surface area contributed by atoms with Gasteiger partial charge in [0, 0.05) is 18.7 Å². The van der Waals surface area contributed by atoms with Gasteiger partial charge in [-0.25, -0.2) is 9.59 Å². The lowest BCUT2D eigenvalue weighted by molar-refractivity contribution is 0.0592. The molecule has 0 radical (unpaired) electrons. The predicted octanol–water partition coefficient (Wildman–Crippen LogP) is 2.89. The monoisotopic (exact) mass is 359 g/mol. The van der Waals surface area contributed by atoms with Gasteiger partial charge in [-0.1, -0.05) is 12.1 Å². The standard InChI is InChI=1S/C19H21NO6/c1-23-16-9-14(19(22)26-4)15(10-17(16)24-2)20-11-12-6-5-7-13(8-12)18(21)25-3/h5-10,20H,11H2,1-4H3. The van der Waals surface area contributed by atoms with E-state index >= 15 is 0 Å². The van der Waals surface area contributed by atoms with Crippen molar-refractivity contribution in [3.05, 3.63) is 53.1 Å². The van der Waals surface area contributed by atoms with Crippen LogP contribution in [0.2, 0.25) is 0 Å². The highest BCUT2D eigenvalue weighted by Crippen LogP contribution is 2.34. The number of hydrogen-bond donors (Lipinski definition) is 1. The Morgan fingerprint density at radius 2 is 1.54 bits per heavy atom. The van der Waals surface area contributed by atoms with Crippen LogP contribution in [0.5, 0.6) is 11.5 Å². The molecule has 2 aromatic carbocycles. The first-order chi connectivity index (χ1) is 12.5. The van der Waals surface area contributed by atoms with Gasteiger partial charge >= 0.3 is 11.9 Å². The largest absolute Gasteiger partial charge is 0.493 e. The Kier molecular flexibility index (Phi) is 6.43. The molecule has 1 N–H and O–H groups in total. The fraction of sp³-hybridized carbons (Fsp3) is 0.263. The normalized spacial score (nSPS) is 10.0. The van der Waals surface area contributed by atoms with E-state index in [1.807, 2.05) is 6.07 Å². The number of benzene rings is 2. The second kappa shape index (κ2) is 8.75. The number of anilines is 1. The highest BCUT2D eigenvalue weighted by Gasteiger charge is 2.17. The van der Waals surface area contributed by atoms with Crippen molar-refractivity contribution in [3.63, 3.8) is 0 Å². The van der Waals surface area contributed by atoms with E-state index in [0.29, 0.717) is 34.9 Å². The van der Waals surface area contributed by atoms with Crippen LogP contribution < -0.4 is 14.8 Å². The van der Waals surface area contributed by atoms with Gasteiger partial charge in [-0.15, -0.1) is 0 Å². The molecule has 0 saturated heterocycles. The first-order valence-electron chi connectivity index (χ1n) is 7.79. The van der Waals surface area contributed by atoms with Crippen LogP contribution in [-0.2, 0) is 16.0 Å². The molecule has 2 rings (SSSR count). The zero-order chi connectivity index (χ0) is 19.1. The summed E-state index contributed by atoms with van der Waals surface area (Å²) in [5.41, 5.74) is 2.14. The topological polar surface area (TPSA) is 83.1 Å². The van der Waals surface area contributed by atoms with Crippen LogP contribution in [-0.4, -0.2) is 40.4 Å². The maximum Gasteiger partial charge on any atom is 0.340 e. The quantitative estimate of drug-likeness (QED) is 0.761. The lowest BCUT2D eigenvalue weighted by Gasteiger charge is -2.15. The highest BCUT2D eigenvalue weighted by atomic mass is 16.5. The number of ether oxygens (including phenoxy) is 4. The maximum atomic E-state index is 12.1. The molecule has 0 saturated carbocycles. The van der Waals surface area contributed by atoms with E-state index in [2.05, 4.69) is 5.32 Å². The Morgan fingerprint density at radius 3 is 2.15 bits per heavy atom. The van der Waals surface area contributed by atoms with Crippen LogP contribution in [0, 0.1) is 0 Å². The smallest absolute Gasteiger partial charge is 0.340 e. The summed E-state index contributed by atoms with van der Waals surface area (Å²) in [5.74, 6) is -0.0120. The van der Waals surface area contributed by atoms with Crippen LogP contribution in [0.4, 0.5) is 5.69 Å². The second-order valence-electron chi connectivity index (χ2n) is 5.29. The van der Waals surface area contributed by atoms with Crippen molar-refractivity contribution in [3.8, 4) is 11.5 Å². The Balaban J connectivity index is 2.30.